The molecule has 0 amide bonds. The molecule has 198 valence electrons. The molecule has 0 aliphatic carbocycles. The fourth-order valence-electron chi connectivity index (χ4n) is 3.62. The Kier molecular flexibility index (Phi) is 8.30. The first kappa shape index (κ1) is 27.1. The maximum Gasteiger partial charge on any atom is 0.229 e. The first-order chi connectivity index (χ1) is 18.2. The van der Waals surface area contributed by atoms with Gasteiger partial charge in [-0.2, -0.15) is 4.98 Å². The second-order valence-electron chi connectivity index (χ2n) is 8.25. The monoisotopic (exact) mass is 557 g/mol. The number of nitrogens with one attached hydrogen (secondary N) is 3. The van der Waals surface area contributed by atoms with E-state index in [1.54, 1.807) is 37.3 Å². The largest absolute Gasteiger partial charge is 0.508 e. The zero-order valence-corrected chi connectivity index (χ0v) is 21.8. The standard InChI is InChI=1S/C26H25ClFN5O4S/c1-2-14-38(36,37)22-9-4-3-8-21(22)31-24-18(25(35)32-23-19(27)6-5-7-20(23)28)15-29-26(33-24)30-16-10-12-17(34)13-11-16/h3-13,15,25,32,34-35H,2,14H2,1H3,(H2,29,30,31,33). The van der Waals surface area contributed by atoms with Crippen LogP contribution >= 0.6 is 11.6 Å². The number of aliphatic hydroxyl groups excluding tert-OH is 1. The molecule has 0 saturated heterocycles. The molecule has 1 aromatic heterocycles. The summed E-state index contributed by atoms with van der Waals surface area (Å²) in [5, 5.41) is 29.2. The molecule has 0 bridgehead atoms. The Morgan fingerprint density at radius 1 is 1.03 bits per heavy atom. The van der Waals surface area contributed by atoms with Crippen LogP contribution in [0.2, 0.25) is 5.02 Å². The number of nitrogens with zero attached hydrogens (tertiary/aromatic N) is 2. The Balaban J connectivity index is 1.75. The zero-order chi connectivity index (χ0) is 27.3. The van der Waals surface area contributed by atoms with E-state index in [2.05, 4.69) is 25.9 Å². The predicted molar refractivity (Wildman–Crippen MR) is 145 cm³/mol. The first-order valence-electron chi connectivity index (χ1n) is 11.6. The van der Waals surface area contributed by atoms with Gasteiger partial charge in [0.1, 0.15) is 17.4 Å². The average Bonchev–Trinajstić information content (AvgIpc) is 2.88. The van der Waals surface area contributed by atoms with Gasteiger partial charge in [-0.05, 0) is 55.0 Å². The number of benzene rings is 3. The molecular weight excluding hydrogens is 533 g/mol. The lowest BCUT2D eigenvalue weighted by Gasteiger charge is -2.20. The third-order valence-corrected chi connectivity index (χ3v) is 7.71. The Labute approximate surface area is 224 Å². The van der Waals surface area contributed by atoms with Gasteiger partial charge in [-0.25, -0.2) is 17.8 Å². The molecule has 38 heavy (non-hydrogen) atoms. The van der Waals surface area contributed by atoms with Crippen LogP contribution in [0.4, 0.5) is 33.2 Å². The van der Waals surface area contributed by atoms with E-state index in [1.165, 1.54) is 42.6 Å². The van der Waals surface area contributed by atoms with Crippen molar-refractivity contribution in [3.63, 3.8) is 0 Å². The van der Waals surface area contributed by atoms with E-state index in [4.69, 9.17) is 11.6 Å². The van der Waals surface area contributed by atoms with Gasteiger partial charge in [-0.3, -0.25) is 0 Å². The fraction of sp³-hybridized carbons (Fsp3) is 0.154. The van der Waals surface area contributed by atoms with Crippen LogP contribution in [0.3, 0.4) is 0 Å². The van der Waals surface area contributed by atoms with E-state index in [1.807, 2.05) is 0 Å². The van der Waals surface area contributed by atoms with E-state index < -0.39 is 21.9 Å². The summed E-state index contributed by atoms with van der Waals surface area (Å²) in [7, 11) is -3.61. The molecule has 0 fully saturated rings. The summed E-state index contributed by atoms with van der Waals surface area (Å²) >= 11 is 6.10. The van der Waals surface area contributed by atoms with Gasteiger partial charge in [-0.15, -0.1) is 0 Å². The molecule has 0 aliphatic heterocycles. The normalized spacial score (nSPS) is 12.1. The van der Waals surface area contributed by atoms with Crippen LogP contribution in [0, 0.1) is 5.82 Å². The van der Waals surface area contributed by atoms with E-state index >= 15 is 0 Å². The number of aromatic nitrogens is 2. The van der Waals surface area contributed by atoms with Crippen LogP contribution in [-0.2, 0) is 9.84 Å². The number of rotatable bonds is 10. The van der Waals surface area contributed by atoms with Crippen molar-refractivity contribution in [1.29, 1.82) is 0 Å². The SMILES string of the molecule is CCCS(=O)(=O)c1ccccc1Nc1nc(Nc2ccc(O)cc2)ncc1C(O)Nc1c(F)cccc1Cl. The second kappa shape index (κ2) is 11.6. The lowest BCUT2D eigenvalue weighted by Crippen LogP contribution is -2.16. The molecule has 4 aromatic rings. The van der Waals surface area contributed by atoms with Crippen molar-refractivity contribution < 1.29 is 23.0 Å². The van der Waals surface area contributed by atoms with Crippen molar-refractivity contribution in [3.8, 4) is 5.75 Å². The zero-order valence-electron chi connectivity index (χ0n) is 20.2. The number of hydrogen-bond acceptors (Lipinski definition) is 9. The van der Waals surface area contributed by atoms with Gasteiger partial charge < -0.3 is 26.2 Å². The molecule has 0 radical (unpaired) electrons. The third-order valence-electron chi connectivity index (χ3n) is 5.43. The number of aliphatic hydroxyl groups is 1. The number of aromatic hydroxyl groups is 1. The number of para-hydroxylation sites is 2. The molecule has 0 aliphatic rings. The maximum absolute atomic E-state index is 14.4. The molecule has 5 N–H and O–H groups in total. The minimum atomic E-state index is -3.61. The maximum atomic E-state index is 14.4. The van der Waals surface area contributed by atoms with Crippen molar-refractivity contribution in [1.82, 2.24) is 9.97 Å². The number of phenols is 1. The summed E-state index contributed by atoms with van der Waals surface area (Å²) < 4.78 is 40.1. The number of hydrogen-bond donors (Lipinski definition) is 5. The highest BCUT2D eigenvalue weighted by molar-refractivity contribution is 7.91. The minimum absolute atomic E-state index is 0.0497. The van der Waals surface area contributed by atoms with E-state index in [9.17, 15) is 23.0 Å². The van der Waals surface area contributed by atoms with Crippen molar-refractivity contribution >= 4 is 50.3 Å². The Morgan fingerprint density at radius 3 is 2.47 bits per heavy atom. The minimum Gasteiger partial charge on any atom is -0.508 e. The third kappa shape index (κ3) is 6.31. The molecule has 12 heteroatoms. The number of phenolic OH excluding ortho intramolecular Hbond substituents is 1. The summed E-state index contributed by atoms with van der Waals surface area (Å²) in [5.41, 5.74) is 0.796. The lowest BCUT2D eigenvalue weighted by molar-refractivity contribution is 0.207. The van der Waals surface area contributed by atoms with Crippen LogP contribution in [0.25, 0.3) is 0 Å². The van der Waals surface area contributed by atoms with Gasteiger partial charge in [0.05, 0.1) is 32.6 Å². The first-order valence-corrected chi connectivity index (χ1v) is 13.6. The van der Waals surface area contributed by atoms with Crippen LogP contribution in [0.5, 0.6) is 5.75 Å². The second-order valence-corrected chi connectivity index (χ2v) is 10.7. The van der Waals surface area contributed by atoms with E-state index in [0.717, 1.165) is 0 Å². The van der Waals surface area contributed by atoms with E-state index in [0.29, 0.717) is 12.1 Å². The van der Waals surface area contributed by atoms with Gasteiger partial charge >= 0.3 is 0 Å². The van der Waals surface area contributed by atoms with Crippen molar-refractivity contribution in [2.45, 2.75) is 24.5 Å². The molecule has 3 aromatic carbocycles. The quantitative estimate of drug-likeness (QED) is 0.122. The molecule has 1 heterocycles. The molecule has 4 rings (SSSR count). The van der Waals surface area contributed by atoms with Crippen LogP contribution < -0.4 is 16.0 Å². The highest BCUT2D eigenvalue weighted by Crippen LogP contribution is 2.33. The topological polar surface area (TPSA) is 136 Å². The van der Waals surface area contributed by atoms with Gasteiger partial charge in [0.15, 0.2) is 16.1 Å². The molecule has 9 nitrogen and oxygen atoms in total. The molecule has 0 spiro atoms. The number of halogens is 2. The van der Waals surface area contributed by atoms with Crippen LogP contribution in [-0.4, -0.2) is 34.4 Å². The van der Waals surface area contributed by atoms with E-state index in [-0.39, 0.29) is 50.1 Å². The average molecular weight is 558 g/mol. The van der Waals surface area contributed by atoms with Gasteiger partial charge in [0.2, 0.25) is 5.95 Å². The Morgan fingerprint density at radius 2 is 1.76 bits per heavy atom. The van der Waals surface area contributed by atoms with Gasteiger partial charge in [-0.1, -0.05) is 36.7 Å². The van der Waals surface area contributed by atoms with Crippen LogP contribution in [0.1, 0.15) is 25.1 Å². The summed E-state index contributed by atoms with van der Waals surface area (Å²) in [6, 6.07) is 16.6. The van der Waals surface area contributed by atoms with Gasteiger partial charge in [0.25, 0.3) is 0 Å². The molecule has 0 saturated carbocycles. The van der Waals surface area contributed by atoms with Crippen molar-refractivity contribution in [2.24, 2.45) is 0 Å². The van der Waals surface area contributed by atoms with Crippen molar-refractivity contribution in [3.05, 3.63) is 89.3 Å². The van der Waals surface area contributed by atoms with Crippen LogP contribution in [0.15, 0.2) is 77.8 Å². The summed E-state index contributed by atoms with van der Waals surface area (Å²) in [6.45, 7) is 1.77. The van der Waals surface area contributed by atoms with Gasteiger partial charge in [0, 0.05) is 11.9 Å². The summed E-state index contributed by atoms with van der Waals surface area (Å²) in [5.74, 6) is -0.458. The predicted octanol–water partition coefficient (Wildman–Crippen LogP) is 5.75. The highest BCUT2D eigenvalue weighted by Gasteiger charge is 2.22. The van der Waals surface area contributed by atoms with Crippen molar-refractivity contribution in [2.75, 3.05) is 21.7 Å². The molecule has 1 atom stereocenters. The lowest BCUT2D eigenvalue weighted by atomic mass is 10.2. The molecule has 1 unspecified atom stereocenters. The highest BCUT2D eigenvalue weighted by atomic mass is 35.5. The number of anilines is 5. The Bertz CT molecular complexity index is 1520. The summed E-state index contributed by atoms with van der Waals surface area (Å²) in [4.78, 5) is 8.75. The smallest absolute Gasteiger partial charge is 0.229 e. The molecular formula is C26H25ClFN5O4S. The number of sulfone groups is 1. The summed E-state index contributed by atoms with van der Waals surface area (Å²) in [6.07, 6.45) is 0.226. The Hall–Kier alpha value is -3.93. The fourth-order valence-corrected chi connectivity index (χ4v) is 5.34.